The molecule has 0 aliphatic carbocycles. The Morgan fingerprint density at radius 3 is 2.61 bits per heavy atom. The van der Waals surface area contributed by atoms with Gasteiger partial charge in [0.15, 0.2) is 5.78 Å². The van der Waals surface area contributed by atoms with Crippen molar-refractivity contribution in [2.45, 2.75) is 25.7 Å². The summed E-state index contributed by atoms with van der Waals surface area (Å²) in [7, 11) is 0. The van der Waals surface area contributed by atoms with Gasteiger partial charge >= 0.3 is 0 Å². The maximum Gasteiger partial charge on any atom is 0.270 e. The summed E-state index contributed by atoms with van der Waals surface area (Å²) in [6.07, 6.45) is -1.03. The van der Waals surface area contributed by atoms with Crippen LogP contribution in [0.4, 0.5) is 14.5 Å². The van der Waals surface area contributed by atoms with Crippen LogP contribution >= 0.6 is 11.6 Å². The van der Waals surface area contributed by atoms with Gasteiger partial charge in [0.1, 0.15) is 0 Å². The van der Waals surface area contributed by atoms with Crippen molar-refractivity contribution >= 4 is 23.1 Å². The van der Waals surface area contributed by atoms with Crippen molar-refractivity contribution < 1.29 is 18.5 Å². The standard InChI is InChI=1S/C11H10ClF2NO3/c1-11(13,14)5-4-10(16)8-6-7(15(17)18)2-3-9(8)12/h2-3,6H,4-5H2,1H3. The van der Waals surface area contributed by atoms with Crippen molar-refractivity contribution in [2.24, 2.45) is 0 Å². The fourth-order valence-electron chi connectivity index (χ4n) is 1.31. The normalized spacial score (nSPS) is 11.3. The van der Waals surface area contributed by atoms with Crippen LogP contribution in [0.3, 0.4) is 0 Å². The van der Waals surface area contributed by atoms with Gasteiger partial charge in [-0.05, 0) is 13.0 Å². The van der Waals surface area contributed by atoms with Crippen LogP contribution in [0, 0.1) is 10.1 Å². The number of hydrogen-bond acceptors (Lipinski definition) is 3. The van der Waals surface area contributed by atoms with Crippen LogP contribution in [0.15, 0.2) is 18.2 Å². The number of halogens is 3. The minimum atomic E-state index is -2.96. The van der Waals surface area contributed by atoms with Crippen LogP contribution in [0.25, 0.3) is 0 Å². The Bertz CT molecular complexity index is 486. The summed E-state index contributed by atoms with van der Waals surface area (Å²) >= 11 is 5.71. The highest BCUT2D eigenvalue weighted by Gasteiger charge is 2.24. The number of carbonyl (C=O) groups excluding carboxylic acids is 1. The smallest absolute Gasteiger partial charge is 0.270 e. The van der Waals surface area contributed by atoms with Crippen LogP contribution in [-0.2, 0) is 0 Å². The number of rotatable bonds is 5. The van der Waals surface area contributed by atoms with E-state index in [-0.39, 0.29) is 16.3 Å². The minimum Gasteiger partial charge on any atom is -0.294 e. The first kappa shape index (κ1) is 14.5. The van der Waals surface area contributed by atoms with Crippen LogP contribution in [-0.4, -0.2) is 16.6 Å². The molecule has 0 spiro atoms. The van der Waals surface area contributed by atoms with E-state index in [1.807, 2.05) is 0 Å². The molecule has 0 saturated carbocycles. The van der Waals surface area contributed by atoms with E-state index in [0.29, 0.717) is 6.92 Å². The number of carbonyl (C=O) groups is 1. The lowest BCUT2D eigenvalue weighted by Gasteiger charge is -2.09. The van der Waals surface area contributed by atoms with E-state index in [1.54, 1.807) is 0 Å². The van der Waals surface area contributed by atoms with Crippen LogP contribution in [0.1, 0.15) is 30.1 Å². The molecule has 7 heteroatoms. The van der Waals surface area contributed by atoms with Crippen LogP contribution < -0.4 is 0 Å². The Balaban J connectivity index is 2.91. The molecule has 1 rings (SSSR count). The second-order valence-corrected chi connectivity index (χ2v) is 4.32. The van der Waals surface area contributed by atoms with E-state index in [4.69, 9.17) is 11.6 Å². The van der Waals surface area contributed by atoms with E-state index in [1.165, 1.54) is 6.07 Å². The molecular weight excluding hydrogens is 268 g/mol. The van der Waals surface area contributed by atoms with Crippen molar-refractivity contribution in [2.75, 3.05) is 0 Å². The highest BCUT2D eigenvalue weighted by Crippen LogP contribution is 2.26. The highest BCUT2D eigenvalue weighted by molar-refractivity contribution is 6.34. The summed E-state index contributed by atoms with van der Waals surface area (Å²) in [6.45, 7) is 0.704. The van der Waals surface area contributed by atoms with Gasteiger partial charge in [0.2, 0.25) is 5.92 Å². The van der Waals surface area contributed by atoms with Crippen molar-refractivity contribution in [3.05, 3.63) is 38.9 Å². The average molecular weight is 278 g/mol. The Kier molecular flexibility index (Phi) is 4.34. The van der Waals surface area contributed by atoms with Gasteiger partial charge in [-0.1, -0.05) is 11.6 Å². The van der Waals surface area contributed by atoms with E-state index in [0.717, 1.165) is 12.1 Å². The van der Waals surface area contributed by atoms with E-state index < -0.39 is 29.5 Å². The van der Waals surface area contributed by atoms with Crippen molar-refractivity contribution in [1.29, 1.82) is 0 Å². The molecule has 0 heterocycles. The molecule has 98 valence electrons. The number of hydrogen-bond donors (Lipinski definition) is 0. The Morgan fingerprint density at radius 1 is 1.50 bits per heavy atom. The summed E-state index contributed by atoms with van der Waals surface area (Å²) < 4.78 is 25.2. The third kappa shape index (κ3) is 4.03. The summed E-state index contributed by atoms with van der Waals surface area (Å²) in [5.41, 5.74) is -0.402. The monoisotopic (exact) mass is 277 g/mol. The number of Topliss-reactive ketones (excluding diaryl/α,β-unsaturated/α-hetero) is 1. The van der Waals surface area contributed by atoms with Gasteiger partial charge in [-0.15, -0.1) is 0 Å². The predicted octanol–water partition coefficient (Wildman–Crippen LogP) is 3.87. The number of alkyl halides is 2. The fraction of sp³-hybridized carbons (Fsp3) is 0.364. The molecule has 0 radical (unpaired) electrons. The number of nitro benzene ring substituents is 1. The number of ketones is 1. The highest BCUT2D eigenvalue weighted by atomic mass is 35.5. The van der Waals surface area contributed by atoms with Gasteiger partial charge in [0.25, 0.3) is 5.69 Å². The SMILES string of the molecule is CC(F)(F)CCC(=O)c1cc([N+](=O)[O-])ccc1Cl. The number of nitrogens with zero attached hydrogens (tertiary/aromatic N) is 1. The maximum atomic E-state index is 12.6. The molecule has 0 aliphatic heterocycles. The Hall–Kier alpha value is -1.56. The molecule has 1 aromatic carbocycles. The first-order chi connectivity index (χ1) is 8.20. The average Bonchev–Trinajstić information content (AvgIpc) is 2.25. The largest absolute Gasteiger partial charge is 0.294 e. The summed E-state index contributed by atoms with van der Waals surface area (Å²) in [5, 5.41) is 10.6. The van der Waals surface area contributed by atoms with Crippen molar-refractivity contribution in [3.8, 4) is 0 Å². The second kappa shape index (κ2) is 5.39. The van der Waals surface area contributed by atoms with Crippen molar-refractivity contribution in [1.82, 2.24) is 0 Å². The summed E-state index contributed by atoms with van der Waals surface area (Å²) in [5.74, 6) is -3.59. The van der Waals surface area contributed by atoms with Gasteiger partial charge in [0.05, 0.1) is 9.95 Å². The van der Waals surface area contributed by atoms with Crippen LogP contribution in [0.5, 0.6) is 0 Å². The molecule has 0 unspecified atom stereocenters. The molecule has 0 aromatic heterocycles. The zero-order valence-electron chi connectivity index (χ0n) is 9.45. The summed E-state index contributed by atoms with van der Waals surface area (Å²) in [6, 6.07) is 3.35. The molecule has 4 nitrogen and oxygen atoms in total. The third-order valence-electron chi connectivity index (χ3n) is 2.25. The van der Waals surface area contributed by atoms with Crippen LogP contribution in [0.2, 0.25) is 5.02 Å². The quantitative estimate of drug-likeness (QED) is 0.466. The van der Waals surface area contributed by atoms with Gasteiger partial charge in [-0.25, -0.2) is 8.78 Å². The first-order valence-corrected chi connectivity index (χ1v) is 5.43. The minimum absolute atomic E-state index is 0.0185. The molecular formula is C11H10ClF2NO3. The molecule has 0 atom stereocenters. The summed E-state index contributed by atoms with van der Waals surface area (Å²) in [4.78, 5) is 21.5. The lowest BCUT2D eigenvalue weighted by molar-refractivity contribution is -0.384. The first-order valence-electron chi connectivity index (χ1n) is 5.05. The molecule has 0 N–H and O–H groups in total. The molecule has 0 amide bonds. The van der Waals surface area contributed by atoms with Crippen molar-refractivity contribution in [3.63, 3.8) is 0 Å². The zero-order chi connectivity index (χ0) is 13.9. The molecule has 0 saturated heterocycles. The molecule has 1 aromatic rings. The second-order valence-electron chi connectivity index (χ2n) is 3.91. The molecule has 0 aliphatic rings. The van der Waals surface area contributed by atoms with Gasteiger partial charge in [-0.3, -0.25) is 14.9 Å². The molecule has 18 heavy (non-hydrogen) atoms. The lowest BCUT2D eigenvalue weighted by Crippen LogP contribution is -2.12. The fourth-order valence-corrected chi connectivity index (χ4v) is 1.53. The van der Waals surface area contributed by atoms with Gasteiger partial charge in [-0.2, -0.15) is 0 Å². The topological polar surface area (TPSA) is 60.2 Å². The van der Waals surface area contributed by atoms with Gasteiger partial charge in [0, 0.05) is 30.5 Å². The molecule has 0 fully saturated rings. The Labute approximate surface area is 107 Å². The number of benzene rings is 1. The molecule has 0 bridgehead atoms. The Morgan fingerprint density at radius 2 is 2.11 bits per heavy atom. The predicted molar refractivity (Wildman–Crippen MR) is 62.3 cm³/mol. The van der Waals surface area contributed by atoms with E-state index in [2.05, 4.69) is 0 Å². The maximum absolute atomic E-state index is 12.6. The lowest BCUT2D eigenvalue weighted by atomic mass is 10.0. The van der Waals surface area contributed by atoms with E-state index >= 15 is 0 Å². The van der Waals surface area contributed by atoms with Gasteiger partial charge < -0.3 is 0 Å². The third-order valence-corrected chi connectivity index (χ3v) is 2.58. The number of nitro groups is 1. The zero-order valence-corrected chi connectivity index (χ0v) is 10.2. The van der Waals surface area contributed by atoms with E-state index in [9.17, 15) is 23.7 Å². The number of non-ortho nitro benzene ring substituents is 1.